The minimum Gasteiger partial charge on any atom is -0.322 e. The fourth-order valence-corrected chi connectivity index (χ4v) is 2.33. The maximum absolute atomic E-state index is 12.9. The van der Waals surface area contributed by atoms with Crippen LogP contribution in [-0.4, -0.2) is 10.5 Å². The number of benzene rings is 2. The minimum absolute atomic E-state index is 0.261. The number of pyridine rings is 1. The summed E-state index contributed by atoms with van der Waals surface area (Å²) in [7, 11) is 1.66. The molecule has 0 unspecified atom stereocenters. The van der Waals surface area contributed by atoms with Gasteiger partial charge < -0.3 is 9.88 Å². The number of carbonyl (C=O) groups is 1. The average Bonchev–Trinajstić information content (AvgIpc) is 2.53. The van der Waals surface area contributed by atoms with Crippen LogP contribution in [0.4, 0.5) is 10.1 Å². The van der Waals surface area contributed by atoms with Gasteiger partial charge >= 0.3 is 0 Å². The Balaban J connectivity index is 2.06. The van der Waals surface area contributed by atoms with Crippen molar-refractivity contribution < 1.29 is 9.18 Å². The van der Waals surface area contributed by atoms with Gasteiger partial charge in [-0.25, -0.2) is 4.39 Å². The summed E-state index contributed by atoms with van der Waals surface area (Å²) in [6, 6.07) is 14.0. The Morgan fingerprint density at radius 3 is 2.50 bits per heavy atom. The fourth-order valence-electron chi connectivity index (χ4n) is 2.33. The van der Waals surface area contributed by atoms with Crippen molar-refractivity contribution in [1.82, 2.24) is 4.57 Å². The third kappa shape index (κ3) is 2.48. The molecule has 1 heterocycles. The smallest absolute Gasteiger partial charge is 0.256 e. The summed E-state index contributed by atoms with van der Waals surface area (Å²) in [6.45, 7) is 0. The van der Waals surface area contributed by atoms with Crippen molar-refractivity contribution in [3.8, 4) is 0 Å². The van der Waals surface area contributed by atoms with Gasteiger partial charge in [-0.3, -0.25) is 9.59 Å². The van der Waals surface area contributed by atoms with Crippen molar-refractivity contribution in [2.24, 2.45) is 7.05 Å². The number of nitrogens with zero attached hydrogens (tertiary/aromatic N) is 1. The molecule has 4 nitrogen and oxygen atoms in total. The molecule has 1 N–H and O–H groups in total. The van der Waals surface area contributed by atoms with Gasteiger partial charge in [0.2, 0.25) is 0 Å². The Bertz CT molecular complexity index is 914. The summed E-state index contributed by atoms with van der Waals surface area (Å²) in [5, 5.41) is 3.35. The molecule has 3 rings (SSSR count). The van der Waals surface area contributed by atoms with Crippen LogP contribution >= 0.6 is 0 Å². The molecule has 22 heavy (non-hydrogen) atoms. The first-order valence-electron chi connectivity index (χ1n) is 6.72. The first-order chi connectivity index (χ1) is 10.6. The summed E-state index contributed by atoms with van der Waals surface area (Å²) in [5.41, 5.74) is 1.18. The number of aromatic nitrogens is 1. The molecule has 0 saturated heterocycles. The Hall–Kier alpha value is -2.95. The summed E-state index contributed by atoms with van der Waals surface area (Å²) >= 11 is 0. The number of aryl methyl sites for hydroxylation is 1. The number of anilines is 1. The van der Waals surface area contributed by atoms with Gasteiger partial charge in [-0.2, -0.15) is 0 Å². The van der Waals surface area contributed by atoms with E-state index >= 15 is 0 Å². The molecule has 0 fully saturated rings. The molecule has 0 bridgehead atoms. The quantitative estimate of drug-likeness (QED) is 0.790. The van der Waals surface area contributed by atoms with Crippen molar-refractivity contribution >= 4 is 22.5 Å². The second-order valence-electron chi connectivity index (χ2n) is 4.93. The summed E-state index contributed by atoms with van der Waals surface area (Å²) in [6.07, 6.45) is 0. The molecule has 0 atom stereocenters. The molecule has 0 saturated carbocycles. The van der Waals surface area contributed by atoms with Gasteiger partial charge in [0.25, 0.3) is 11.5 Å². The Kier molecular flexibility index (Phi) is 3.47. The van der Waals surface area contributed by atoms with Gasteiger partial charge in [0.1, 0.15) is 5.82 Å². The molecule has 0 radical (unpaired) electrons. The van der Waals surface area contributed by atoms with E-state index in [4.69, 9.17) is 0 Å². The predicted molar refractivity (Wildman–Crippen MR) is 83.5 cm³/mol. The van der Waals surface area contributed by atoms with E-state index < -0.39 is 5.91 Å². The number of carbonyl (C=O) groups excluding carboxylic acids is 1. The van der Waals surface area contributed by atoms with Crippen LogP contribution in [-0.2, 0) is 7.05 Å². The lowest BCUT2D eigenvalue weighted by molar-refractivity contribution is 0.102. The van der Waals surface area contributed by atoms with Gasteiger partial charge in [-0.15, -0.1) is 0 Å². The van der Waals surface area contributed by atoms with Crippen molar-refractivity contribution in [1.29, 1.82) is 0 Å². The van der Waals surface area contributed by atoms with E-state index in [1.54, 1.807) is 19.2 Å². The van der Waals surface area contributed by atoms with Crippen molar-refractivity contribution in [3.63, 3.8) is 0 Å². The Morgan fingerprint density at radius 2 is 1.77 bits per heavy atom. The Morgan fingerprint density at radius 1 is 1.09 bits per heavy atom. The molecular formula is C17H13FN2O2. The van der Waals surface area contributed by atoms with E-state index in [1.807, 2.05) is 12.1 Å². The van der Waals surface area contributed by atoms with Crippen LogP contribution in [0.5, 0.6) is 0 Å². The number of hydrogen-bond donors (Lipinski definition) is 1. The molecule has 0 aliphatic heterocycles. The molecule has 2 aromatic carbocycles. The van der Waals surface area contributed by atoms with Gasteiger partial charge in [0, 0.05) is 24.2 Å². The molecule has 1 aromatic heterocycles. The zero-order valence-electron chi connectivity index (χ0n) is 11.8. The normalized spacial score (nSPS) is 10.6. The highest BCUT2D eigenvalue weighted by Crippen LogP contribution is 2.18. The third-order valence-electron chi connectivity index (χ3n) is 3.50. The van der Waals surface area contributed by atoms with E-state index in [2.05, 4.69) is 5.32 Å². The number of para-hydroxylation sites is 1. The summed E-state index contributed by atoms with van der Waals surface area (Å²) in [5.74, 6) is -0.780. The first kappa shape index (κ1) is 14.0. The van der Waals surface area contributed by atoms with Crippen molar-refractivity contribution in [2.75, 3.05) is 5.32 Å². The third-order valence-corrected chi connectivity index (χ3v) is 3.50. The van der Waals surface area contributed by atoms with Gasteiger partial charge in [-0.1, -0.05) is 18.2 Å². The fraction of sp³-hybridized carbons (Fsp3) is 0.0588. The molecule has 110 valence electrons. The molecule has 1 amide bonds. The predicted octanol–water partition coefficient (Wildman–Crippen LogP) is 2.93. The number of nitrogens with one attached hydrogen (secondary N) is 1. The average molecular weight is 296 g/mol. The van der Waals surface area contributed by atoms with E-state index in [-0.39, 0.29) is 11.4 Å². The van der Waals surface area contributed by atoms with E-state index in [1.165, 1.54) is 34.9 Å². The van der Waals surface area contributed by atoms with E-state index in [9.17, 15) is 14.0 Å². The van der Waals surface area contributed by atoms with Gasteiger partial charge in [0.05, 0.1) is 11.1 Å². The first-order valence-corrected chi connectivity index (χ1v) is 6.72. The van der Waals surface area contributed by atoms with Crippen LogP contribution in [0, 0.1) is 5.82 Å². The second-order valence-corrected chi connectivity index (χ2v) is 4.93. The standard InChI is InChI=1S/C17H13FN2O2/c1-20-15-5-3-2-4-13(15)14(10-16(20)21)17(22)19-12-8-6-11(18)7-9-12/h2-10H,1H3,(H,19,22). The maximum Gasteiger partial charge on any atom is 0.256 e. The molecular weight excluding hydrogens is 283 g/mol. The summed E-state index contributed by atoms with van der Waals surface area (Å²) < 4.78 is 14.4. The zero-order valence-corrected chi connectivity index (χ0v) is 11.8. The number of hydrogen-bond acceptors (Lipinski definition) is 2. The number of fused-ring (bicyclic) bond motifs is 1. The summed E-state index contributed by atoms with van der Waals surface area (Å²) in [4.78, 5) is 24.4. The second kappa shape index (κ2) is 5.44. The SMILES string of the molecule is Cn1c(=O)cc(C(=O)Nc2ccc(F)cc2)c2ccccc21. The molecule has 0 aliphatic rings. The lowest BCUT2D eigenvalue weighted by Crippen LogP contribution is -2.21. The molecule has 5 heteroatoms. The van der Waals surface area contributed by atoms with E-state index in [0.29, 0.717) is 22.2 Å². The highest BCUT2D eigenvalue weighted by atomic mass is 19.1. The number of rotatable bonds is 2. The van der Waals surface area contributed by atoms with Crippen LogP contribution in [0.3, 0.4) is 0 Å². The van der Waals surface area contributed by atoms with Crippen LogP contribution in [0.25, 0.3) is 10.9 Å². The number of amides is 1. The zero-order chi connectivity index (χ0) is 15.7. The van der Waals surface area contributed by atoms with E-state index in [0.717, 1.165) is 0 Å². The van der Waals surface area contributed by atoms with Gasteiger partial charge in [-0.05, 0) is 30.3 Å². The molecule has 3 aromatic rings. The maximum atomic E-state index is 12.9. The number of halogens is 1. The lowest BCUT2D eigenvalue weighted by atomic mass is 10.1. The highest BCUT2D eigenvalue weighted by molar-refractivity contribution is 6.12. The van der Waals surface area contributed by atoms with Gasteiger partial charge in [0.15, 0.2) is 0 Å². The largest absolute Gasteiger partial charge is 0.322 e. The van der Waals surface area contributed by atoms with Crippen LogP contribution < -0.4 is 10.9 Å². The van der Waals surface area contributed by atoms with Crippen LogP contribution in [0.1, 0.15) is 10.4 Å². The molecule has 0 spiro atoms. The minimum atomic E-state index is -0.402. The van der Waals surface area contributed by atoms with Crippen LogP contribution in [0.2, 0.25) is 0 Å². The molecule has 0 aliphatic carbocycles. The Labute approximate surface area is 125 Å². The monoisotopic (exact) mass is 296 g/mol. The van der Waals surface area contributed by atoms with Crippen molar-refractivity contribution in [2.45, 2.75) is 0 Å². The lowest BCUT2D eigenvalue weighted by Gasteiger charge is -2.10. The van der Waals surface area contributed by atoms with Crippen LogP contribution in [0.15, 0.2) is 59.4 Å². The highest BCUT2D eigenvalue weighted by Gasteiger charge is 2.13. The topological polar surface area (TPSA) is 51.1 Å². The van der Waals surface area contributed by atoms with Crippen molar-refractivity contribution in [3.05, 3.63) is 76.3 Å².